The molecular formula is C29H31O2P2Pd-. The predicted molar refractivity (Wildman–Crippen MR) is 145 cm³/mol. The summed E-state index contributed by atoms with van der Waals surface area (Å²) in [6.07, 6.45) is 0. The van der Waals surface area contributed by atoms with E-state index in [9.17, 15) is 0 Å². The third-order valence-electron chi connectivity index (χ3n) is 4.42. The summed E-state index contributed by atoms with van der Waals surface area (Å²) in [5.74, 6) is -1.08. The van der Waals surface area contributed by atoms with Crippen LogP contribution in [0.5, 0.6) is 0 Å². The van der Waals surface area contributed by atoms with Gasteiger partial charge in [0.15, 0.2) is 0 Å². The summed E-state index contributed by atoms with van der Waals surface area (Å²) in [6.45, 7) is 5.59. The number of aliphatic carboxylic acids is 1. The molecule has 34 heavy (non-hydrogen) atoms. The van der Waals surface area contributed by atoms with Crippen LogP contribution in [0, 0.1) is 0 Å². The Morgan fingerprint density at radius 1 is 0.647 bits per heavy atom. The molecular weight excluding hydrogens is 549 g/mol. The quantitative estimate of drug-likeness (QED) is 0.256. The fourth-order valence-corrected chi connectivity index (χ4v) is 6.66. The van der Waals surface area contributed by atoms with Crippen LogP contribution in [0.25, 0.3) is 0 Å². The summed E-state index contributed by atoms with van der Waals surface area (Å²) in [5, 5.41) is 14.6. The molecule has 0 fully saturated rings. The maximum Gasteiger partial charge on any atom is 0.0383 e. The Balaban J connectivity index is 0.000000291. The van der Waals surface area contributed by atoms with Crippen LogP contribution in [0.4, 0.5) is 0 Å². The monoisotopic (exact) mass is 579 g/mol. The van der Waals surface area contributed by atoms with Crippen LogP contribution >= 0.6 is 16.5 Å². The molecule has 4 rings (SSSR count). The van der Waals surface area contributed by atoms with Crippen LogP contribution in [-0.2, 0) is 25.2 Å². The van der Waals surface area contributed by atoms with Gasteiger partial charge in [-0.1, -0.05) is 144 Å². The molecule has 4 aromatic carbocycles. The Bertz CT molecular complexity index is 963. The topological polar surface area (TPSA) is 40.1 Å². The number of carbonyl (C=O) groups excluding carboxylic acids is 1. The number of rotatable bonds is 5. The Kier molecular flexibility index (Phi) is 15.2. The van der Waals surface area contributed by atoms with Gasteiger partial charge in [0.05, 0.1) is 0 Å². The normalized spacial score (nSPS) is 9.68. The SMILES string of the molecule is CC(=O)[O-].CC(C)P(c1ccccc1)c1ccccc1.[Pd].c1ccc(Pc2ccccc2)cc1. The van der Waals surface area contributed by atoms with Crippen molar-refractivity contribution in [1.82, 2.24) is 0 Å². The van der Waals surface area contributed by atoms with Gasteiger partial charge in [0.2, 0.25) is 0 Å². The molecule has 0 unspecified atom stereocenters. The number of carboxylic acids is 1. The van der Waals surface area contributed by atoms with Crippen LogP contribution in [-0.4, -0.2) is 11.6 Å². The van der Waals surface area contributed by atoms with Gasteiger partial charge in [0.25, 0.3) is 0 Å². The first kappa shape index (κ1) is 29.9. The summed E-state index contributed by atoms with van der Waals surface area (Å²) in [5.41, 5.74) is 0.680. The van der Waals surface area contributed by atoms with Gasteiger partial charge in [0, 0.05) is 26.4 Å². The zero-order valence-electron chi connectivity index (χ0n) is 19.7. The second-order valence-electron chi connectivity index (χ2n) is 7.48. The van der Waals surface area contributed by atoms with Crippen LogP contribution in [0.1, 0.15) is 20.8 Å². The van der Waals surface area contributed by atoms with Crippen molar-refractivity contribution in [1.29, 1.82) is 0 Å². The van der Waals surface area contributed by atoms with Crippen LogP contribution in [0.3, 0.4) is 0 Å². The Morgan fingerprint density at radius 2 is 0.912 bits per heavy atom. The van der Waals surface area contributed by atoms with E-state index in [1.807, 2.05) is 0 Å². The standard InChI is InChI=1S/C15H17P.C12H11P.C2H4O2.Pd/c1-13(2)16(14-9-5-3-6-10-14)15-11-7-4-8-12-15;1-3-7-11(8-4-1)13-12-9-5-2-6-10-12;1-2(3)4;/h3-13H,1-2H3;1-10,13H;1H3,(H,3,4);/p-1. The van der Waals surface area contributed by atoms with Crippen molar-refractivity contribution in [2.45, 2.75) is 26.4 Å². The molecule has 0 N–H and O–H groups in total. The molecule has 0 spiro atoms. The first-order chi connectivity index (χ1) is 16.0. The predicted octanol–water partition coefficient (Wildman–Crippen LogP) is 4.60. The van der Waals surface area contributed by atoms with E-state index in [1.54, 1.807) is 0 Å². The minimum atomic E-state index is -1.08. The van der Waals surface area contributed by atoms with Gasteiger partial charge in [-0.3, -0.25) is 0 Å². The van der Waals surface area contributed by atoms with Crippen molar-refractivity contribution in [3.63, 3.8) is 0 Å². The van der Waals surface area contributed by atoms with E-state index in [-0.39, 0.29) is 28.3 Å². The zero-order valence-corrected chi connectivity index (χ0v) is 23.2. The molecule has 0 heterocycles. The molecule has 0 saturated carbocycles. The third kappa shape index (κ3) is 11.8. The molecule has 0 saturated heterocycles. The number of carboxylic acid groups (broad SMARTS) is 1. The van der Waals surface area contributed by atoms with Crippen molar-refractivity contribution in [2.75, 3.05) is 0 Å². The molecule has 0 aliphatic heterocycles. The van der Waals surface area contributed by atoms with Gasteiger partial charge in [-0.15, -0.1) is 0 Å². The number of hydrogen-bond acceptors (Lipinski definition) is 2. The summed E-state index contributed by atoms with van der Waals surface area (Å²) in [6, 6.07) is 42.9. The molecule has 2 nitrogen and oxygen atoms in total. The van der Waals surface area contributed by atoms with E-state index in [0.29, 0.717) is 5.66 Å². The maximum atomic E-state index is 8.89. The van der Waals surface area contributed by atoms with E-state index < -0.39 is 5.97 Å². The first-order valence-corrected chi connectivity index (χ1v) is 13.3. The summed E-state index contributed by atoms with van der Waals surface area (Å²) in [7, 11) is 0.567. The fraction of sp³-hybridized carbons (Fsp3) is 0.138. The second kappa shape index (κ2) is 17.3. The van der Waals surface area contributed by atoms with Crippen molar-refractivity contribution in [3.8, 4) is 0 Å². The van der Waals surface area contributed by atoms with Crippen molar-refractivity contribution < 1.29 is 30.3 Å². The van der Waals surface area contributed by atoms with E-state index in [2.05, 4.69) is 135 Å². The molecule has 0 aliphatic rings. The van der Waals surface area contributed by atoms with Gasteiger partial charge in [-0.2, -0.15) is 0 Å². The molecule has 4 aromatic rings. The summed E-state index contributed by atoms with van der Waals surface area (Å²) < 4.78 is 0. The Morgan fingerprint density at radius 3 is 1.18 bits per heavy atom. The van der Waals surface area contributed by atoms with Gasteiger partial charge in [-0.25, -0.2) is 0 Å². The molecule has 0 aliphatic carbocycles. The summed E-state index contributed by atoms with van der Waals surface area (Å²) >= 11 is 0. The smallest absolute Gasteiger partial charge is 0.0383 e. The fourth-order valence-electron chi connectivity index (χ4n) is 3.13. The van der Waals surface area contributed by atoms with Gasteiger partial charge in [-0.05, 0) is 41.7 Å². The minimum absolute atomic E-state index is 0. The van der Waals surface area contributed by atoms with Crippen LogP contribution < -0.4 is 26.3 Å². The molecule has 180 valence electrons. The van der Waals surface area contributed by atoms with Crippen molar-refractivity contribution in [2.24, 2.45) is 0 Å². The Labute approximate surface area is 221 Å². The Hall–Kier alpha value is -2.13. The van der Waals surface area contributed by atoms with E-state index in [1.165, 1.54) is 21.2 Å². The first-order valence-electron chi connectivity index (χ1n) is 10.9. The van der Waals surface area contributed by atoms with Crippen LogP contribution in [0.15, 0.2) is 121 Å². The minimum Gasteiger partial charge on any atom is -0.550 e. The van der Waals surface area contributed by atoms with Crippen LogP contribution in [0.2, 0.25) is 0 Å². The average Bonchev–Trinajstić information content (AvgIpc) is 2.82. The molecule has 0 atom stereocenters. The van der Waals surface area contributed by atoms with Gasteiger partial charge in [0.1, 0.15) is 0 Å². The number of hydrogen-bond donors (Lipinski definition) is 0. The average molecular weight is 580 g/mol. The molecule has 0 bridgehead atoms. The maximum absolute atomic E-state index is 8.89. The summed E-state index contributed by atoms with van der Waals surface area (Å²) in [4.78, 5) is 8.89. The largest absolute Gasteiger partial charge is 0.550 e. The number of benzene rings is 4. The van der Waals surface area contributed by atoms with E-state index in [4.69, 9.17) is 9.90 Å². The third-order valence-corrected chi connectivity index (χ3v) is 8.41. The molecule has 5 heteroatoms. The van der Waals surface area contributed by atoms with E-state index in [0.717, 1.165) is 15.5 Å². The van der Waals surface area contributed by atoms with Crippen molar-refractivity contribution >= 4 is 43.7 Å². The molecule has 0 amide bonds. The molecule has 0 radical (unpaired) electrons. The second-order valence-corrected chi connectivity index (χ2v) is 11.7. The van der Waals surface area contributed by atoms with Gasteiger partial charge < -0.3 is 9.90 Å². The number of carbonyl (C=O) groups is 1. The van der Waals surface area contributed by atoms with E-state index >= 15 is 0 Å². The zero-order chi connectivity index (χ0) is 23.9. The van der Waals surface area contributed by atoms with Gasteiger partial charge >= 0.3 is 0 Å². The van der Waals surface area contributed by atoms with Crippen molar-refractivity contribution in [3.05, 3.63) is 121 Å². The molecule has 0 aromatic heterocycles.